The number of aryl methyl sites for hydroxylation is 2. The molecule has 0 saturated carbocycles. The van der Waals surface area contributed by atoms with Gasteiger partial charge in [0.15, 0.2) is 0 Å². The molecule has 1 aromatic carbocycles. The van der Waals surface area contributed by atoms with Gasteiger partial charge in [0.1, 0.15) is 10.6 Å². The Hall–Kier alpha value is -0.880. The molecule has 0 atom stereocenters. The van der Waals surface area contributed by atoms with Gasteiger partial charge in [-0.15, -0.1) is 11.3 Å². The summed E-state index contributed by atoms with van der Waals surface area (Å²) in [6.45, 7) is 0. The third kappa shape index (κ3) is 3.00. The molecule has 0 bridgehead atoms. The molecule has 0 aliphatic heterocycles. The zero-order chi connectivity index (χ0) is 13.2. The minimum Gasteiger partial charge on any atom is -0.422 e. The summed E-state index contributed by atoms with van der Waals surface area (Å²) in [6, 6.07) is 9.53. The van der Waals surface area contributed by atoms with E-state index in [2.05, 4.69) is 22.6 Å². The number of rotatable bonds is 2. The standard InChI is InChI=1S/C15H13IO2S/c16-11-5-7-12(8-6-11)18-15(17)14-9-10-3-1-2-4-13(10)19-14/h5-9H,1-4H2. The Morgan fingerprint density at radius 1 is 1.16 bits per heavy atom. The van der Waals surface area contributed by atoms with Gasteiger partial charge in [-0.05, 0) is 84.2 Å². The lowest BCUT2D eigenvalue weighted by atomic mass is 9.99. The lowest BCUT2D eigenvalue weighted by Gasteiger charge is -2.08. The van der Waals surface area contributed by atoms with E-state index >= 15 is 0 Å². The van der Waals surface area contributed by atoms with Gasteiger partial charge in [-0.25, -0.2) is 4.79 Å². The molecule has 1 aliphatic rings. The lowest BCUT2D eigenvalue weighted by molar-refractivity contribution is 0.0740. The Bertz CT molecular complexity index is 578. The minimum atomic E-state index is -0.236. The van der Waals surface area contributed by atoms with Gasteiger partial charge in [0, 0.05) is 8.45 Å². The Labute approximate surface area is 129 Å². The molecular weight excluding hydrogens is 371 g/mol. The molecule has 0 saturated heterocycles. The van der Waals surface area contributed by atoms with Crippen molar-refractivity contribution < 1.29 is 9.53 Å². The summed E-state index contributed by atoms with van der Waals surface area (Å²) >= 11 is 3.82. The van der Waals surface area contributed by atoms with Crippen LogP contribution in [0.3, 0.4) is 0 Å². The number of fused-ring (bicyclic) bond motifs is 1. The SMILES string of the molecule is O=C(Oc1ccc(I)cc1)c1cc2c(s1)CCCC2. The summed E-state index contributed by atoms with van der Waals surface area (Å²) in [5.74, 6) is 0.373. The average Bonchev–Trinajstić information content (AvgIpc) is 2.85. The first-order chi connectivity index (χ1) is 9.22. The van der Waals surface area contributed by atoms with E-state index in [4.69, 9.17) is 4.74 Å². The first-order valence-electron chi connectivity index (χ1n) is 6.32. The van der Waals surface area contributed by atoms with Gasteiger partial charge in [0.2, 0.25) is 0 Å². The fourth-order valence-electron chi connectivity index (χ4n) is 2.25. The Morgan fingerprint density at radius 3 is 2.63 bits per heavy atom. The van der Waals surface area contributed by atoms with E-state index in [1.165, 1.54) is 23.3 Å². The Morgan fingerprint density at radius 2 is 1.89 bits per heavy atom. The van der Waals surface area contributed by atoms with Crippen LogP contribution in [0.4, 0.5) is 0 Å². The predicted octanol–water partition coefficient (Wildman–Crippen LogP) is 4.45. The first kappa shape index (κ1) is 13.1. The van der Waals surface area contributed by atoms with Crippen molar-refractivity contribution in [3.63, 3.8) is 0 Å². The van der Waals surface area contributed by atoms with Crippen molar-refractivity contribution in [2.75, 3.05) is 0 Å². The molecule has 1 heterocycles. The quantitative estimate of drug-likeness (QED) is 0.435. The van der Waals surface area contributed by atoms with Gasteiger partial charge in [-0.2, -0.15) is 0 Å². The average molecular weight is 384 g/mol. The van der Waals surface area contributed by atoms with Gasteiger partial charge < -0.3 is 4.74 Å². The zero-order valence-electron chi connectivity index (χ0n) is 10.3. The molecule has 0 radical (unpaired) electrons. The molecule has 98 valence electrons. The normalized spacial score (nSPS) is 13.9. The van der Waals surface area contributed by atoms with Crippen LogP contribution in [0.25, 0.3) is 0 Å². The fraction of sp³-hybridized carbons (Fsp3) is 0.267. The second-order valence-electron chi connectivity index (χ2n) is 4.61. The van der Waals surface area contributed by atoms with Crippen LogP contribution in [-0.4, -0.2) is 5.97 Å². The van der Waals surface area contributed by atoms with E-state index in [0.717, 1.165) is 21.3 Å². The zero-order valence-corrected chi connectivity index (χ0v) is 13.3. The highest BCUT2D eigenvalue weighted by Crippen LogP contribution is 2.30. The number of thiophene rings is 1. The van der Waals surface area contributed by atoms with E-state index in [9.17, 15) is 4.79 Å². The van der Waals surface area contributed by atoms with Gasteiger partial charge in [0.05, 0.1) is 0 Å². The molecule has 4 heteroatoms. The summed E-state index contributed by atoms with van der Waals surface area (Å²) in [6.07, 6.45) is 4.67. The second-order valence-corrected chi connectivity index (χ2v) is 6.99. The molecule has 2 nitrogen and oxygen atoms in total. The van der Waals surface area contributed by atoms with Gasteiger partial charge >= 0.3 is 5.97 Å². The van der Waals surface area contributed by atoms with Crippen LogP contribution < -0.4 is 4.74 Å². The van der Waals surface area contributed by atoms with E-state index in [1.54, 1.807) is 11.3 Å². The highest BCUT2D eigenvalue weighted by Gasteiger charge is 2.18. The molecular formula is C15H13IO2S. The number of benzene rings is 1. The number of ether oxygens (including phenoxy) is 1. The molecule has 1 aromatic heterocycles. The third-order valence-corrected chi connectivity index (χ3v) is 5.16. The second kappa shape index (κ2) is 5.63. The van der Waals surface area contributed by atoms with Crippen LogP contribution in [0, 0.1) is 3.57 Å². The molecule has 0 fully saturated rings. The van der Waals surface area contributed by atoms with Crippen molar-refractivity contribution in [2.24, 2.45) is 0 Å². The Kier molecular flexibility index (Phi) is 3.88. The maximum atomic E-state index is 12.1. The fourth-order valence-corrected chi connectivity index (χ4v) is 3.74. The first-order valence-corrected chi connectivity index (χ1v) is 8.21. The molecule has 0 spiro atoms. The number of hydrogen-bond acceptors (Lipinski definition) is 3. The molecule has 19 heavy (non-hydrogen) atoms. The molecule has 0 N–H and O–H groups in total. The van der Waals surface area contributed by atoms with Crippen LogP contribution in [-0.2, 0) is 12.8 Å². The highest BCUT2D eigenvalue weighted by atomic mass is 127. The van der Waals surface area contributed by atoms with Crippen molar-refractivity contribution in [2.45, 2.75) is 25.7 Å². The topological polar surface area (TPSA) is 26.3 Å². The van der Waals surface area contributed by atoms with Crippen molar-refractivity contribution in [1.82, 2.24) is 0 Å². The summed E-state index contributed by atoms with van der Waals surface area (Å²) in [7, 11) is 0. The van der Waals surface area contributed by atoms with E-state index in [-0.39, 0.29) is 5.97 Å². The van der Waals surface area contributed by atoms with Crippen LogP contribution in [0.1, 0.15) is 33.0 Å². The summed E-state index contributed by atoms with van der Waals surface area (Å²) in [5.41, 5.74) is 1.34. The number of esters is 1. The van der Waals surface area contributed by atoms with Crippen molar-refractivity contribution in [3.8, 4) is 5.75 Å². The molecule has 0 amide bonds. The van der Waals surface area contributed by atoms with Crippen LogP contribution in [0.2, 0.25) is 0 Å². The number of hydrogen-bond donors (Lipinski definition) is 0. The maximum Gasteiger partial charge on any atom is 0.353 e. The van der Waals surface area contributed by atoms with Crippen LogP contribution in [0.15, 0.2) is 30.3 Å². The molecule has 3 rings (SSSR count). The van der Waals surface area contributed by atoms with Gasteiger partial charge in [0.25, 0.3) is 0 Å². The van der Waals surface area contributed by atoms with E-state index < -0.39 is 0 Å². The number of carbonyl (C=O) groups is 1. The van der Waals surface area contributed by atoms with Crippen LogP contribution in [0.5, 0.6) is 5.75 Å². The van der Waals surface area contributed by atoms with Crippen molar-refractivity contribution >= 4 is 39.9 Å². The summed E-state index contributed by atoms with van der Waals surface area (Å²) in [4.78, 5) is 14.2. The smallest absolute Gasteiger partial charge is 0.353 e. The van der Waals surface area contributed by atoms with Crippen LogP contribution >= 0.6 is 33.9 Å². The minimum absolute atomic E-state index is 0.236. The van der Waals surface area contributed by atoms with Gasteiger partial charge in [-0.3, -0.25) is 0 Å². The molecule has 1 aliphatic carbocycles. The lowest BCUT2D eigenvalue weighted by Crippen LogP contribution is -2.06. The maximum absolute atomic E-state index is 12.1. The number of carbonyl (C=O) groups excluding carboxylic acids is 1. The highest BCUT2D eigenvalue weighted by molar-refractivity contribution is 14.1. The Balaban J connectivity index is 1.76. The van der Waals surface area contributed by atoms with Crippen molar-refractivity contribution in [1.29, 1.82) is 0 Å². The largest absolute Gasteiger partial charge is 0.422 e. The molecule has 0 unspecified atom stereocenters. The summed E-state index contributed by atoms with van der Waals surface area (Å²) < 4.78 is 6.53. The summed E-state index contributed by atoms with van der Waals surface area (Å²) in [5, 5.41) is 0. The van der Waals surface area contributed by atoms with Crippen molar-refractivity contribution in [3.05, 3.63) is 49.2 Å². The monoisotopic (exact) mass is 384 g/mol. The van der Waals surface area contributed by atoms with Gasteiger partial charge in [-0.1, -0.05) is 0 Å². The van der Waals surface area contributed by atoms with E-state index in [1.807, 2.05) is 30.3 Å². The predicted molar refractivity (Wildman–Crippen MR) is 85.1 cm³/mol. The number of halogens is 1. The van der Waals surface area contributed by atoms with E-state index in [0.29, 0.717) is 5.75 Å². The third-order valence-electron chi connectivity index (χ3n) is 3.22. The molecule has 2 aromatic rings.